The second-order valence-corrected chi connectivity index (χ2v) is 9.14. The number of aromatic nitrogens is 2. The first kappa shape index (κ1) is 20.2. The van der Waals surface area contributed by atoms with Gasteiger partial charge in [0.05, 0.1) is 27.0 Å². The van der Waals surface area contributed by atoms with Crippen LogP contribution in [0.2, 0.25) is 5.02 Å². The molecule has 0 spiro atoms. The fourth-order valence-electron chi connectivity index (χ4n) is 3.41. The minimum atomic E-state index is -4.47. The van der Waals surface area contributed by atoms with Gasteiger partial charge in [0.2, 0.25) is 10.0 Å². The molecule has 0 atom stereocenters. The van der Waals surface area contributed by atoms with Gasteiger partial charge in [-0.2, -0.15) is 17.9 Å². The molecule has 2 aromatic carbocycles. The zero-order valence-electron chi connectivity index (χ0n) is 15.3. The Morgan fingerprint density at radius 2 is 1.83 bits per heavy atom. The highest BCUT2D eigenvalue weighted by Crippen LogP contribution is 2.47. The van der Waals surface area contributed by atoms with E-state index < -0.39 is 27.3 Å². The second kappa shape index (κ2) is 6.72. The summed E-state index contributed by atoms with van der Waals surface area (Å²) in [6.07, 6.45) is -3.45. The number of aryl methyl sites for hydroxylation is 1. The molecule has 1 heterocycles. The number of alkyl halides is 3. The lowest BCUT2D eigenvalue weighted by Gasteiger charge is -2.19. The van der Waals surface area contributed by atoms with E-state index in [1.54, 1.807) is 11.5 Å². The molecular weight excluding hydrogens is 427 g/mol. The van der Waals surface area contributed by atoms with Crippen LogP contribution in [0.15, 0.2) is 47.4 Å². The van der Waals surface area contributed by atoms with Crippen molar-refractivity contribution < 1.29 is 21.6 Å². The number of nitrogens with one attached hydrogen (secondary N) is 1. The summed E-state index contributed by atoms with van der Waals surface area (Å²) in [4.78, 5) is 4.54. The molecule has 0 amide bonds. The zero-order chi connectivity index (χ0) is 21.0. The van der Waals surface area contributed by atoms with E-state index in [-0.39, 0.29) is 4.90 Å². The number of halogens is 4. The molecule has 1 aliphatic rings. The fraction of sp³-hybridized carbons (Fsp3) is 0.316. The van der Waals surface area contributed by atoms with E-state index in [2.05, 4.69) is 9.71 Å². The van der Waals surface area contributed by atoms with Crippen molar-refractivity contribution in [2.24, 2.45) is 0 Å². The molecule has 10 heteroatoms. The Balaban J connectivity index is 1.76. The molecule has 1 N–H and O–H groups in total. The van der Waals surface area contributed by atoms with Crippen LogP contribution < -0.4 is 4.72 Å². The first-order valence-corrected chi connectivity index (χ1v) is 10.8. The number of nitrogens with zero attached hydrogens (tertiary/aromatic N) is 2. The van der Waals surface area contributed by atoms with Gasteiger partial charge >= 0.3 is 6.18 Å². The van der Waals surface area contributed by atoms with Crippen LogP contribution in [0.25, 0.3) is 11.0 Å². The largest absolute Gasteiger partial charge is 0.416 e. The Labute approximate surface area is 170 Å². The summed E-state index contributed by atoms with van der Waals surface area (Å²) in [5.41, 5.74) is -0.981. The van der Waals surface area contributed by atoms with Crippen molar-refractivity contribution >= 4 is 32.7 Å². The highest BCUT2D eigenvalue weighted by molar-refractivity contribution is 7.89. The SMILES string of the molecule is CCn1c(C2(NS(=O)(=O)c3ccc(Cl)cc3)CC2)nc2ccc(C(F)(F)F)cc21. The van der Waals surface area contributed by atoms with Gasteiger partial charge in [-0.05, 0) is 62.2 Å². The van der Waals surface area contributed by atoms with Crippen LogP contribution in [0.1, 0.15) is 31.2 Å². The van der Waals surface area contributed by atoms with Gasteiger partial charge in [-0.1, -0.05) is 11.6 Å². The fourth-order valence-corrected chi connectivity index (χ4v) is 4.96. The van der Waals surface area contributed by atoms with Gasteiger partial charge in [0.25, 0.3) is 0 Å². The van der Waals surface area contributed by atoms with Crippen molar-refractivity contribution in [2.75, 3.05) is 0 Å². The van der Waals surface area contributed by atoms with Gasteiger partial charge in [-0.3, -0.25) is 0 Å². The molecule has 3 aromatic rings. The number of imidazole rings is 1. The summed E-state index contributed by atoms with van der Waals surface area (Å²) in [7, 11) is -3.86. The van der Waals surface area contributed by atoms with Crippen LogP contribution in [-0.2, 0) is 28.3 Å². The highest BCUT2D eigenvalue weighted by atomic mass is 35.5. The average molecular weight is 444 g/mol. The Hall–Kier alpha value is -2.10. The van der Waals surface area contributed by atoms with Gasteiger partial charge in [0, 0.05) is 11.6 Å². The molecule has 1 saturated carbocycles. The van der Waals surface area contributed by atoms with E-state index in [1.165, 1.54) is 30.3 Å². The number of rotatable bonds is 5. The van der Waals surface area contributed by atoms with Crippen LogP contribution >= 0.6 is 11.6 Å². The average Bonchev–Trinajstić information content (AvgIpc) is 3.31. The summed E-state index contributed by atoms with van der Waals surface area (Å²) in [5.74, 6) is 0.423. The Morgan fingerprint density at radius 3 is 2.38 bits per heavy atom. The van der Waals surface area contributed by atoms with E-state index in [1.807, 2.05) is 0 Å². The molecule has 154 valence electrons. The summed E-state index contributed by atoms with van der Waals surface area (Å²) in [5, 5.41) is 0.415. The topological polar surface area (TPSA) is 64.0 Å². The first-order valence-electron chi connectivity index (χ1n) is 8.93. The molecular formula is C19H17ClF3N3O2S. The summed E-state index contributed by atoms with van der Waals surface area (Å²) >= 11 is 5.82. The van der Waals surface area contributed by atoms with Gasteiger partial charge in [-0.25, -0.2) is 13.4 Å². The van der Waals surface area contributed by atoms with Gasteiger partial charge in [0.15, 0.2) is 0 Å². The standard InChI is InChI=1S/C19H17ClF3N3O2S/c1-2-26-16-11-12(19(21,22)23)3-8-15(16)24-17(26)18(9-10-18)25-29(27,28)14-6-4-13(20)5-7-14/h3-8,11,25H,2,9-10H2,1H3. The number of benzene rings is 2. The van der Waals surface area contributed by atoms with Gasteiger partial charge in [-0.15, -0.1) is 0 Å². The lowest BCUT2D eigenvalue weighted by Crippen LogP contribution is -2.37. The van der Waals surface area contributed by atoms with Crippen LogP contribution in [0, 0.1) is 0 Å². The lowest BCUT2D eigenvalue weighted by atomic mass is 10.2. The Morgan fingerprint density at radius 1 is 1.17 bits per heavy atom. The molecule has 0 aliphatic heterocycles. The van der Waals surface area contributed by atoms with E-state index in [9.17, 15) is 21.6 Å². The van der Waals surface area contributed by atoms with Crippen LogP contribution in [0.4, 0.5) is 13.2 Å². The zero-order valence-corrected chi connectivity index (χ0v) is 16.9. The van der Waals surface area contributed by atoms with Crippen molar-refractivity contribution in [3.05, 3.63) is 58.9 Å². The predicted molar refractivity (Wildman–Crippen MR) is 103 cm³/mol. The van der Waals surface area contributed by atoms with Crippen molar-refractivity contribution in [1.82, 2.24) is 14.3 Å². The lowest BCUT2D eigenvalue weighted by molar-refractivity contribution is -0.137. The monoisotopic (exact) mass is 443 g/mol. The number of hydrogen-bond donors (Lipinski definition) is 1. The molecule has 0 unspecified atom stereocenters. The molecule has 0 radical (unpaired) electrons. The van der Waals surface area contributed by atoms with Gasteiger partial charge in [0.1, 0.15) is 5.82 Å². The van der Waals surface area contributed by atoms with E-state index >= 15 is 0 Å². The quantitative estimate of drug-likeness (QED) is 0.622. The molecule has 1 aromatic heterocycles. The first-order chi connectivity index (χ1) is 13.6. The predicted octanol–water partition coefficient (Wildman–Crippen LogP) is 4.70. The third-order valence-corrected chi connectivity index (χ3v) is 6.83. The van der Waals surface area contributed by atoms with E-state index in [0.29, 0.717) is 41.3 Å². The maximum atomic E-state index is 13.1. The third kappa shape index (κ3) is 3.62. The third-order valence-electron chi connectivity index (χ3n) is 5.02. The van der Waals surface area contributed by atoms with Crippen molar-refractivity contribution in [3.63, 3.8) is 0 Å². The Bertz CT molecular complexity index is 1180. The van der Waals surface area contributed by atoms with Crippen molar-refractivity contribution in [2.45, 2.75) is 42.9 Å². The molecule has 0 saturated heterocycles. The van der Waals surface area contributed by atoms with E-state index in [0.717, 1.165) is 12.1 Å². The van der Waals surface area contributed by atoms with Crippen LogP contribution in [0.3, 0.4) is 0 Å². The second-order valence-electron chi connectivity index (χ2n) is 7.02. The summed E-state index contributed by atoms with van der Waals surface area (Å²) in [6, 6.07) is 9.12. The minimum Gasteiger partial charge on any atom is -0.327 e. The minimum absolute atomic E-state index is 0.0618. The summed E-state index contributed by atoms with van der Waals surface area (Å²) < 4.78 is 69.3. The number of sulfonamides is 1. The van der Waals surface area contributed by atoms with E-state index in [4.69, 9.17) is 11.6 Å². The van der Waals surface area contributed by atoms with Gasteiger partial charge < -0.3 is 4.57 Å². The molecule has 1 fully saturated rings. The summed E-state index contributed by atoms with van der Waals surface area (Å²) in [6.45, 7) is 2.15. The number of hydrogen-bond acceptors (Lipinski definition) is 3. The Kier molecular flexibility index (Phi) is 4.67. The highest BCUT2D eigenvalue weighted by Gasteiger charge is 2.51. The van der Waals surface area contributed by atoms with Crippen LogP contribution in [0.5, 0.6) is 0 Å². The van der Waals surface area contributed by atoms with Crippen molar-refractivity contribution in [1.29, 1.82) is 0 Å². The molecule has 5 nitrogen and oxygen atoms in total. The van der Waals surface area contributed by atoms with Crippen molar-refractivity contribution in [3.8, 4) is 0 Å². The molecule has 0 bridgehead atoms. The maximum Gasteiger partial charge on any atom is 0.416 e. The normalized spacial score (nSPS) is 16.3. The molecule has 1 aliphatic carbocycles. The molecule has 29 heavy (non-hydrogen) atoms. The van der Waals surface area contributed by atoms with Crippen LogP contribution in [-0.4, -0.2) is 18.0 Å². The smallest absolute Gasteiger partial charge is 0.327 e. The molecule has 4 rings (SSSR count). The number of fused-ring (bicyclic) bond motifs is 1. The maximum absolute atomic E-state index is 13.1.